The van der Waals surface area contributed by atoms with Gasteiger partial charge in [-0.1, -0.05) is 24.0 Å². The van der Waals surface area contributed by atoms with Gasteiger partial charge in [-0.2, -0.15) is 9.65 Å². The Morgan fingerprint density at radius 2 is 2.00 bits per heavy atom. The molecule has 2 aromatic rings. The number of carbonyl (C=O) groups excluding carboxylic acids is 1. The lowest BCUT2D eigenvalue weighted by Gasteiger charge is -2.10. The van der Waals surface area contributed by atoms with Crippen LogP contribution >= 0.6 is 0 Å². The summed E-state index contributed by atoms with van der Waals surface area (Å²) >= 11 is 0. The number of nitriles is 1. The summed E-state index contributed by atoms with van der Waals surface area (Å²) in [6.45, 7) is 0. The smallest absolute Gasteiger partial charge is 0.406 e. The Bertz CT molecular complexity index is 956. The number of hydrogen-bond acceptors (Lipinski definition) is 4. The largest absolute Gasteiger partial charge is 0.573 e. The van der Waals surface area contributed by atoms with Crippen molar-refractivity contribution in [2.24, 2.45) is 0 Å². The van der Waals surface area contributed by atoms with E-state index in [4.69, 9.17) is 5.26 Å². The molecule has 0 fully saturated rings. The number of rotatable bonds is 5. The molecule has 5 nitrogen and oxygen atoms in total. The number of amides is 1. The fourth-order valence-electron chi connectivity index (χ4n) is 2.15. The van der Waals surface area contributed by atoms with E-state index in [9.17, 15) is 22.4 Å². The number of hydrogen-bond donors (Lipinski definition) is 1. The molecule has 0 unspecified atom stereocenters. The van der Waals surface area contributed by atoms with Crippen molar-refractivity contribution >= 4 is 11.7 Å². The third kappa shape index (κ3) is 6.96. The molecule has 2 rings (SSSR count). The summed E-state index contributed by atoms with van der Waals surface area (Å²) in [6.07, 6.45) is -4.97. The highest BCUT2D eigenvalue weighted by Gasteiger charge is 2.31. The van der Waals surface area contributed by atoms with E-state index in [1.165, 1.54) is 24.3 Å². The Morgan fingerprint density at radius 3 is 2.68 bits per heavy atom. The molecule has 0 spiro atoms. The molecule has 0 atom stereocenters. The van der Waals surface area contributed by atoms with Gasteiger partial charge in [0.2, 0.25) is 11.9 Å². The molecule has 0 aliphatic carbocycles. The molecule has 0 bridgehead atoms. The summed E-state index contributed by atoms with van der Waals surface area (Å²) in [5, 5.41) is 10.7. The third-order valence-electron chi connectivity index (χ3n) is 3.26. The zero-order valence-electron chi connectivity index (χ0n) is 14.3. The molecule has 28 heavy (non-hydrogen) atoms. The predicted molar refractivity (Wildman–Crippen MR) is 91.4 cm³/mol. The normalized spacial score (nSPS) is 10.4. The van der Waals surface area contributed by atoms with Crippen LogP contribution in [0.1, 0.15) is 17.5 Å². The minimum absolute atomic E-state index is 0.0401. The second-order valence-corrected chi connectivity index (χ2v) is 5.43. The first-order valence-corrected chi connectivity index (χ1v) is 7.89. The van der Waals surface area contributed by atoms with Gasteiger partial charge in [-0.05, 0) is 29.8 Å². The lowest BCUT2D eigenvalue weighted by molar-refractivity contribution is -0.274. The predicted octanol–water partition coefficient (Wildman–Crippen LogP) is 3.76. The van der Waals surface area contributed by atoms with Gasteiger partial charge in [0, 0.05) is 12.0 Å². The van der Waals surface area contributed by atoms with E-state index >= 15 is 0 Å². The van der Waals surface area contributed by atoms with Crippen LogP contribution in [0.3, 0.4) is 0 Å². The van der Waals surface area contributed by atoms with Crippen LogP contribution in [0.25, 0.3) is 0 Å². The van der Waals surface area contributed by atoms with Crippen molar-refractivity contribution in [1.29, 1.82) is 5.26 Å². The van der Waals surface area contributed by atoms with Crippen LogP contribution in [0, 0.1) is 29.1 Å². The number of anilines is 1. The number of alkyl halides is 3. The summed E-state index contributed by atoms with van der Waals surface area (Å²) in [7, 11) is 0. The number of pyridine rings is 1. The Kier molecular flexibility index (Phi) is 6.94. The van der Waals surface area contributed by atoms with Gasteiger partial charge in [0.25, 0.3) is 0 Å². The average Bonchev–Trinajstić information content (AvgIpc) is 2.59. The number of nitrogens with one attached hydrogen (secondary N) is 1. The Labute approximate surface area is 158 Å². The van der Waals surface area contributed by atoms with Gasteiger partial charge in [0.15, 0.2) is 0 Å². The highest BCUT2D eigenvalue weighted by Crippen LogP contribution is 2.23. The molecule has 0 saturated carbocycles. The second-order valence-electron chi connectivity index (χ2n) is 5.43. The van der Waals surface area contributed by atoms with Crippen molar-refractivity contribution in [3.8, 4) is 23.7 Å². The first-order valence-electron chi connectivity index (χ1n) is 7.89. The van der Waals surface area contributed by atoms with Crippen LogP contribution in [0.5, 0.6) is 5.75 Å². The molecule has 1 amide bonds. The van der Waals surface area contributed by atoms with Crippen molar-refractivity contribution in [3.05, 3.63) is 53.5 Å². The Hall–Kier alpha value is -3.59. The molecule has 144 valence electrons. The summed E-state index contributed by atoms with van der Waals surface area (Å²) < 4.78 is 54.4. The lowest BCUT2D eigenvalue weighted by Crippen LogP contribution is -2.18. The molecule has 0 radical (unpaired) electrons. The van der Waals surface area contributed by atoms with Gasteiger partial charge < -0.3 is 10.1 Å². The first kappa shape index (κ1) is 20.7. The van der Waals surface area contributed by atoms with Crippen molar-refractivity contribution in [2.45, 2.75) is 25.6 Å². The highest BCUT2D eigenvalue weighted by atomic mass is 19.4. The van der Waals surface area contributed by atoms with Crippen molar-refractivity contribution in [3.63, 3.8) is 0 Å². The number of nitrogens with zero attached hydrogens (tertiary/aromatic N) is 2. The van der Waals surface area contributed by atoms with Gasteiger partial charge in [-0.15, -0.1) is 13.2 Å². The van der Waals surface area contributed by atoms with Gasteiger partial charge in [-0.25, -0.2) is 4.98 Å². The van der Waals surface area contributed by atoms with Gasteiger partial charge >= 0.3 is 6.36 Å². The lowest BCUT2D eigenvalue weighted by atomic mass is 10.1. The maximum Gasteiger partial charge on any atom is 0.573 e. The molecule has 1 N–H and O–H groups in total. The molecule has 1 aromatic heterocycles. The standard InChI is InChI=1S/C19H13F4N3O2/c20-18-14(6-2-1-3-10-24)8-9-16(26-18)25-17(27)12-13-5-4-7-15(11-13)28-19(21,22)23/h4-5,7-9,11H,3,6,12H2,(H,25,26,27). The van der Waals surface area contributed by atoms with E-state index in [1.54, 1.807) is 0 Å². The van der Waals surface area contributed by atoms with Crippen LogP contribution in [-0.4, -0.2) is 17.3 Å². The van der Waals surface area contributed by atoms with Gasteiger partial charge in [0.1, 0.15) is 11.6 Å². The van der Waals surface area contributed by atoms with E-state index in [2.05, 4.69) is 26.9 Å². The quantitative estimate of drug-likeness (QED) is 0.479. The van der Waals surface area contributed by atoms with E-state index in [-0.39, 0.29) is 36.2 Å². The maximum atomic E-state index is 13.9. The molecule has 0 aliphatic rings. The SMILES string of the molecule is N#CCC#CCc1ccc(NC(=O)Cc2cccc(OC(F)(F)F)c2)nc1F. The van der Waals surface area contributed by atoms with Crippen LogP contribution in [-0.2, 0) is 17.6 Å². The summed E-state index contributed by atoms with van der Waals surface area (Å²) in [4.78, 5) is 15.6. The number of benzene rings is 1. The monoisotopic (exact) mass is 391 g/mol. The van der Waals surface area contributed by atoms with Crippen LogP contribution in [0.15, 0.2) is 36.4 Å². The zero-order chi connectivity index (χ0) is 20.6. The Balaban J connectivity index is 1.98. The zero-order valence-corrected chi connectivity index (χ0v) is 14.3. The fraction of sp³-hybridized carbons (Fsp3) is 0.211. The summed E-state index contributed by atoms with van der Waals surface area (Å²) in [5.74, 6) is 3.29. The van der Waals surface area contributed by atoms with Crippen LogP contribution in [0.4, 0.5) is 23.4 Å². The van der Waals surface area contributed by atoms with Gasteiger partial charge in [-0.3, -0.25) is 4.79 Å². The number of ether oxygens (including phenoxy) is 1. The first-order chi connectivity index (χ1) is 13.3. The Morgan fingerprint density at radius 1 is 1.21 bits per heavy atom. The average molecular weight is 391 g/mol. The van der Waals surface area contributed by atoms with Crippen molar-refractivity contribution in [1.82, 2.24) is 4.98 Å². The molecule has 1 heterocycles. The summed E-state index contributed by atoms with van der Waals surface area (Å²) in [5.41, 5.74) is 0.490. The number of carbonyl (C=O) groups is 1. The third-order valence-corrected chi connectivity index (χ3v) is 3.26. The molecule has 0 saturated heterocycles. The van der Waals surface area contributed by atoms with E-state index in [0.29, 0.717) is 0 Å². The number of halogens is 4. The molecule has 1 aromatic carbocycles. The van der Waals surface area contributed by atoms with Crippen molar-refractivity contribution < 1.29 is 27.1 Å². The highest BCUT2D eigenvalue weighted by molar-refractivity contribution is 5.91. The van der Waals surface area contributed by atoms with Crippen molar-refractivity contribution in [2.75, 3.05) is 5.32 Å². The van der Waals surface area contributed by atoms with Crippen LogP contribution < -0.4 is 10.1 Å². The second kappa shape index (κ2) is 9.38. The van der Waals surface area contributed by atoms with E-state index < -0.39 is 24.0 Å². The molecule has 0 aliphatic heterocycles. The van der Waals surface area contributed by atoms with Gasteiger partial charge in [0.05, 0.1) is 18.9 Å². The maximum absolute atomic E-state index is 13.9. The molecular formula is C19H13F4N3O2. The minimum atomic E-state index is -4.83. The van der Waals surface area contributed by atoms with Crippen LogP contribution in [0.2, 0.25) is 0 Å². The minimum Gasteiger partial charge on any atom is -0.406 e. The molecular weight excluding hydrogens is 378 g/mol. The number of aromatic nitrogens is 1. The fourth-order valence-corrected chi connectivity index (χ4v) is 2.15. The van der Waals surface area contributed by atoms with E-state index in [0.717, 1.165) is 12.1 Å². The topological polar surface area (TPSA) is 75.0 Å². The molecule has 9 heteroatoms. The summed E-state index contributed by atoms with van der Waals surface area (Å²) in [6, 6.07) is 9.60. The van der Waals surface area contributed by atoms with E-state index in [1.807, 2.05) is 6.07 Å².